The van der Waals surface area contributed by atoms with Gasteiger partial charge in [-0.3, -0.25) is 9.69 Å². The molecule has 2 aromatic heterocycles. The van der Waals surface area contributed by atoms with Gasteiger partial charge in [-0.15, -0.1) is 5.10 Å². The topological polar surface area (TPSA) is 98.2 Å². The molecule has 1 aliphatic heterocycles. The smallest absolute Gasteiger partial charge is 0.253 e. The van der Waals surface area contributed by atoms with E-state index in [2.05, 4.69) is 38.4 Å². The van der Waals surface area contributed by atoms with Gasteiger partial charge in [-0.2, -0.15) is 0 Å². The SMILES string of the molecule is COCCn1nnnc1[C@H](c1cc2cc(C)c(C)cc2[nH]c1=O)N1CCOCC1. The van der Waals surface area contributed by atoms with Crippen LogP contribution in [-0.4, -0.2) is 70.1 Å². The molecule has 4 rings (SSSR count). The number of methoxy groups -OCH3 is 1. The van der Waals surface area contributed by atoms with Crippen LogP contribution < -0.4 is 5.56 Å². The van der Waals surface area contributed by atoms with E-state index in [0.29, 0.717) is 50.8 Å². The Bertz CT molecular complexity index is 1050. The summed E-state index contributed by atoms with van der Waals surface area (Å²) in [5, 5.41) is 13.3. The number of hydrogen-bond acceptors (Lipinski definition) is 7. The van der Waals surface area contributed by atoms with Gasteiger partial charge in [-0.25, -0.2) is 4.68 Å². The van der Waals surface area contributed by atoms with E-state index in [1.165, 1.54) is 5.56 Å². The van der Waals surface area contributed by atoms with Crippen LogP contribution in [0.25, 0.3) is 10.9 Å². The highest BCUT2D eigenvalue weighted by molar-refractivity contribution is 5.81. The van der Waals surface area contributed by atoms with Crippen molar-refractivity contribution >= 4 is 10.9 Å². The largest absolute Gasteiger partial charge is 0.383 e. The highest BCUT2D eigenvalue weighted by Gasteiger charge is 2.31. The van der Waals surface area contributed by atoms with Crippen molar-refractivity contribution in [1.29, 1.82) is 0 Å². The molecule has 0 bridgehead atoms. The summed E-state index contributed by atoms with van der Waals surface area (Å²) in [6.07, 6.45) is 0. The van der Waals surface area contributed by atoms with Crippen LogP contribution in [0.5, 0.6) is 0 Å². The van der Waals surface area contributed by atoms with Crippen LogP contribution in [-0.2, 0) is 16.0 Å². The molecule has 9 nitrogen and oxygen atoms in total. The fraction of sp³-hybridized carbons (Fsp3) is 0.500. The number of nitrogens with zero attached hydrogens (tertiary/aromatic N) is 5. The lowest BCUT2D eigenvalue weighted by Gasteiger charge is -2.33. The number of ether oxygens (including phenoxy) is 2. The van der Waals surface area contributed by atoms with Gasteiger partial charge in [0.1, 0.15) is 6.04 Å². The predicted molar refractivity (Wildman–Crippen MR) is 108 cm³/mol. The average molecular weight is 398 g/mol. The Morgan fingerprint density at radius 2 is 1.97 bits per heavy atom. The summed E-state index contributed by atoms with van der Waals surface area (Å²) in [7, 11) is 1.64. The second-order valence-electron chi connectivity index (χ2n) is 7.38. The Hall–Kier alpha value is -2.62. The Kier molecular flexibility index (Phi) is 5.70. The maximum atomic E-state index is 13.1. The molecule has 0 radical (unpaired) electrons. The van der Waals surface area contributed by atoms with E-state index in [4.69, 9.17) is 9.47 Å². The minimum absolute atomic E-state index is 0.126. The van der Waals surface area contributed by atoms with Crippen molar-refractivity contribution in [3.63, 3.8) is 0 Å². The number of aromatic nitrogens is 5. The summed E-state index contributed by atoms with van der Waals surface area (Å²) < 4.78 is 12.4. The van der Waals surface area contributed by atoms with Gasteiger partial charge < -0.3 is 14.5 Å². The number of morpholine rings is 1. The van der Waals surface area contributed by atoms with Crippen LogP contribution in [0.3, 0.4) is 0 Å². The summed E-state index contributed by atoms with van der Waals surface area (Å²) in [4.78, 5) is 18.4. The van der Waals surface area contributed by atoms with Crippen LogP contribution in [0.4, 0.5) is 0 Å². The molecule has 1 saturated heterocycles. The van der Waals surface area contributed by atoms with Crippen LogP contribution in [0.2, 0.25) is 0 Å². The van der Waals surface area contributed by atoms with Crippen molar-refractivity contribution in [3.05, 3.63) is 51.1 Å². The molecule has 0 amide bonds. The average Bonchev–Trinajstić information content (AvgIpc) is 3.17. The first-order valence-electron chi connectivity index (χ1n) is 9.79. The lowest BCUT2D eigenvalue weighted by atomic mass is 10.0. The van der Waals surface area contributed by atoms with Gasteiger partial charge in [-0.05, 0) is 59.0 Å². The first kappa shape index (κ1) is 19.7. The predicted octanol–water partition coefficient (Wildman–Crippen LogP) is 1.20. The fourth-order valence-corrected chi connectivity index (χ4v) is 3.78. The summed E-state index contributed by atoms with van der Waals surface area (Å²) in [5.41, 5.74) is 3.67. The normalized spacial score (nSPS) is 16.4. The Balaban J connectivity index is 1.85. The zero-order valence-electron chi connectivity index (χ0n) is 17.0. The number of pyridine rings is 1. The number of nitrogens with one attached hydrogen (secondary N) is 1. The Labute approximate surface area is 168 Å². The van der Waals surface area contributed by atoms with Gasteiger partial charge >= 0.3 is 0 Å². The summed E-state index contributed by atoms with van der Waals surface area (Å²) >= 11 is 0. The van der Waals surface area contributed by atoms with Crippen LogP contribution in [0.15, 0.2) is 23.0 Å². The number of benzene rings is 1. The molecule has 1 fully saturated rings. The van der Waals surface area contributed by atoms with Crippen LogP contribution in [0, 0.1) is 13.8 Å². The van der Waals surface area contributed by atoms with Crippen LogP contribution in [0.1, 0.15) is 28.6 Å². The maximum Gasteiger partial charge on any atom is 0.253 e. The quantitative estimate of drug-likeness (QED) is 0.666. The van der Waals surface area contributed by atoms with Crippen molar-refractivity contribution in [1.82, 2.24) is 30.1 Å². The zero-order chi connectivity index (χ0) is 20.4. The molecule has 154 valence electrons. The molecule has 1 aromatic carbocycles. The first-order chi connectivity index (χ1) is 14.1. The van der Waals surface area contributed by atoms with Gasteiger partial charge in [0, 0.05) is 31.3 Å². The van der Waals surface area contributed by atoms with E-state index in [-0.39, 0.29) is 11.6 Å². The van der Waals surface area contributed by atoms with Crippen molar-refractivity contribution < 1.29 is 9.47 Å². The van der Waals surface area contributed by atoms with E-state index >= 15 is 0 Å². The summed E-state index contributed by atoms with van der Waals surface area (Å²) in [5.74, 6) is 0.637. The number of tetrazole rings is 1. The molecule has 3 heterocycles. The standard InChI is InChI=1S/C20H26N6O3/c1-13-10-15-12-16(20(27)21-17(15)11-14(13)2)18(25-4-8-29-9-5-25)19-22-23-24-26(19)6-7-28-3/h10-12,18H,4-9H2,1-3H3,(H,21,27)/t18-/m0/s1. The lowest BCUT2D eigenvalue weighted by molar-refractivity contribution is 0.0211. The van der Waals surface area contributed by atoms with Crippen molar-refractivity contribution in [2.45, 2.75) is 26.4 Å². The molecular weight excluding hydrogens is 372 g/mol. The molecule has 0 aliphatic carbocycles. The molecule has 3 aromatic rings. The highest BCUT2D eigenvalue weighted by atomic mass is 16.5. The maximum absolute atomic E-state index is 13.1. The second-order valence-corrected chi connectivity index (χ2v) is 7.38. The number of H-pyrrole nitrogens is 1. The van der Waals surface area contributed by atoms with Gasteiger partial charge in [0.25, 0.3) is 5.56 Å². The molecule has 29 heavy (non-hydrogen) atoms. The molecule has 0 saturated carbocycles. The first-order valence-corrected chi connectivity index (χ1v) is 9.79. The molecule has 9 heteroatoms. The molecule has 1 N–H and O–H groups in total. The minimum Gasteiger partial charge on any atom is -0.383 e. The molecule has 1 aliphatic rings. The highest BCUT2D eigenvalue weighted by Crippen LogP contribution is 2.28. The minimum atomic E-state index is -0.361. The van der Waals surface area contributed by atoms with E-state index in [1.807, 2.05) is 19.1 Å². The van der Waals surface area contributed by atoms with Crippen LogP contribution >= 0.6 is 0 Å². The number of aryl methyl sites for hydroxylation is 2. The van der Waals surface area contributed by atoms with E-state index in [1.54, 1.807) is 11.8 Å². The van der Waals surface area contributed by atoms with E-state index < -0.39 is 0 Å². The van der Waals surface area contributed by atoms with Gasteiger partial charge in [0.15, 0.2) is 5.82 Å². The molecule has 1 atom stereocenters. The summed E-state index contributed by atoms with van der Waals surface area (Å²) in [6.45, 7) is 7.74. The third-order valence-corrected chi connectivity index (χ3v) is 5.50. The third-order valence-electron chi connectivity index (χ3n) is 5.50. The van der Waals surface area contributed by atoms with Gasteiger partial charge in [0.05, 0.1) is 26.4 Å². The zero-order valence-corrected chi connectivity index (χ0v) is 17.0. The molecule has 0 unspecified atom stereocenters. The third kappa shape index (κ3) is 3.93. The summed E-state index contributed by atoms with van der Waals surface area (Å²) in [6, 6.07) is 5.73. The number of hydrogen-bond donors (Lipinski definition) is 1. The van der Waals surface area contributed by atoms with E-state index in [9.17, 15) is 4.79 Å². The molecule has 0 spiro atoms. The Morgan fingerprint density at radius 1 is 1.21 bits per heavy atom. The monoisotopic (exact) mass is 398 g/mol. The van der Waals surface area contributed by atoms with Gasteiger partial charge in [-0.1, -0.05) is 0 Å². The van der Waals surface area contributed by atoms with Crippen molar-refractivity contribution in [2.24, 2.45) is 0 Å². The van der Waals surface area contributed by atoms with Gasteiger partial charge in [0.2, 0.25) is 0 Å². The van der Waals surface area contributed by atoms with Crippen molar-refractivity contribution in [2.75, 3.05) is 40.0 Å². The second kappa shape index (κ2) is 8.40. The number of aromatic amines is 1. The van der Waals surface area contributed by atoms with E-state index in [0.717, 1.165) is 16.5 Å². The molecular formula is C20H26N6O3. The fourth-order valence-electron chi connectivity index (χ4n) is 3.78. The Morgan fingerprint density at radius 3 is 2.72 bits per heavy atom. The number of rotatable bonds is 6. The van der Waals surface area contributed by atoms with Crippen molar-refractivity contribution in [3.8, 4) is 0 Å². The lowest BCUT2D eigenvalue weighted by Crippen LogP contribution is -2.42. The number of fused-ring (bicyclic) bond motifs is 1.